The number of nitrogens with one attached hydrogen (secondary N) is 1. The summed E-state index contributed by atoms with van der Waals surface area (Å²) in [7, 11) is 2.19. The van der Waals surface area contributed by atoms with Crippen molar-refractivity contribution in [3.63, 3.8) is 0 Å². The molecule has 0 aromatic rings. The van der Waals surface area contributed by atoms with Crippen LogP contribution in [0.15, 0.2) is 0 Å². The molecule has 15 heavy (non-hydrogen) atoms. The van der Waals surface area contributed by atoms with Crippen molar-refractivity contribution in [2.45, 2.75) is 31.6 Å². The van der Waals surface area contributed by atoms with E-state index in [9.17, 15) is 4.79 Å². The Morgan fingerprint density at radius 3 is 2.93 bits per heavy atom. The summed E-state index contributed by atoms with van der Waals surface area (Å²) in [6.45, 7) is 2.95. The van der Waals surface area contributed by atoms with Gasteiger partial charge in [-0.2, -0.15) is 0 Å². The summed E-state index contributed by atoms with van der Waals surface area (Å²) in [4.78, 5) is 11.1. The van der Waals surface area contributed by atoms with Crippen LogP contribution in [0.5, 0.6) is 0 Å². The first-order valence-electron chi connectivity index (χ1n) is 5.06. The SMILES string of the molecule is CO[Si]CCCNC(=O)OCC1OC1C. The predicted molar refractivity (Wildman–Crippen MR) is 55.9 cm³/mol. The quantitative estimate of drug-likeness (QED) is 0.395. The van der Waals surface area contributed by atoms with Gasteiger partial charge in [-0.1, -0.05) is 0 Å². The van der Waals surface area contributed by atoms with Crippen molar-refractivity contribution in [3.8, 4) is 0 Å². The van der Waals surface area contributed by atoms with Gasteiger partial charge in [-0.15, -0.1) is 0 Å². The van der Waals surface area contributed by atoms with Gasteiger partial charge in [0.15, 0.2) is 0 Å². The standard InChI is InChI=1S/C9H17NO4Si/c1-7-8(14-7)6-13-9(11)10-4-3-5-15-12-2/h7-8H,3-6H2,1-2H3,(H,10,11). The molecule has 5 nitrogen and oxygen atoms in total. The van der Waals surface area contributed by atoms with Crippen molar-refractivity contribution in [1.29, 1.82) is 0 Å². The minimum absolute atomic E-state index is 0.103. The Morgan fingerprint density at radius 2 is 2.33 bits per heavy atom. The molecule has 2 unspecified atom stereocenters. The van der Waals surface area contributed by atoms with Crippen molar-refractivity contribution in [2.24, 2.45) is 0 Å². The van der Waals surface area contributed by atoms with Crippen LogP contribution < -0.4 is 5.32 Å². The third-order valence-corrected chi connectivity index (χ3v) is 2.93. The van der Waals surface area contributed by atoms with Gasteiger partial charge in [0.2, 0.25) is 9.76 Å². The molecule has 0 aromatic carbocycles. The van der Waals surface area contributed by atoms with Gasteiger partial charge in [0, 0.05) is 13.7 Å². The molecule has 2 radical (unpaired) electrons. The number of hydrogen-bond acceptors (Lipinski definition) is 4. The molecule has 6 heteroatoms. The monoisotopic (exact) mass is 231 g/mol. The Bertz CT molecular complexity index is 203. The molecule has 86 valence electrons. The highest BCUT2D eigenvalue weighted by Gasteiger charge is 2.35. The zero-order valence-corrected chi connectivity index (χ0v) is 10.1. The van der Waals surface area contributed by atoms with E-state index in [1.54, 1.807) is 7.11 Å². The first kappa shape index (κ1) is 12.5. The summed E-state index contributed by atoms with van der Waals surface area (Å²) in [6, 6.07) is 0.972. The predicted octanol–water partition coefficient (Wildman–Crippen LogP) is 0.574. The van der Waals surface area contributed by atoms with Crippen molar-refractivity contribution in [1.82, 2.24) is 5.32 Å². The lowest BCUT2D eigenvalue weighted by atomic mass is 10.4. The molecule has 0 saturated carbocycles. The van der Waals surface area contributed by atoms with E-state index >= 15 is 0 Å². The molecule has 2 atom stereocenters. The van der Waals surface area contributed by atoms with Gasteiger partial charge in [0.05, 0.1) is 6.10 Å². The zero-order valence-electron chi connectivity index (χ0n) is 9.12. The minimum atomic E-state index is -0.363. The molecule has 1 aliphatic rings. The Labute approximate surface area is 92.4 Å². The van der Waals surface area contributed by atoms with Crippen LogP contribution in [0, 0.1) is 0 Å². The maximum absolute atomic E-state index is 11.1. The number of hydrogen-bond donors (Lipinski definition) is 1. The molecule has 1 saturated heterocycles. The van der Waals surface area contributed by atoms with Gasteiger partial charge in [-0.05, 0) is 19.4 Å². The highest BCUT2D eigenvalue weighted by Crippen LogP contribution is 2.20. The van der Waals surface area contributed by atoms with Crippen LogP contribution in [-0.4, -0.2) is 48.3 Å². The topological polar surface area (TPSA) is 60.1 Å². The molecule has 0 bridgehead atoms. The summed E-state index contributed by atoms with van der Waals surface area (Å²) in [6.07, 6.45) is 0.891. The van der Waals surface area contributed by atoms with Crippen LogP contribution in [0.3, 0.4) is 0 Å². The average molecular weight is 231 g/mol. The third-order valence-electron chi connectivity index (χ3n) is 2.08. The lowest BCUT2D eigenvalue weighted by Gasteiger charge is -2.04. The van der Waals surface area contributed by atoms with Gasteiger partial charge in [0.1, 0.15) is 12.7 Å². The minimum Gasteiger partial charge on any atom is -0.447 e. The van der Waals surface area contributed by atoms with Gasteiger partial charge in [0.25, 0.3) is 0 Å². The lowest BCUT2D eigenvalue weighted by molar-refractivity contribution is 0.136. The first-order valence-corrected chi connectivity index (χ1v) is 6.17. The number of carbonyl (C=O) groups is 1. The third kappa shape index (κ3) is 5.76. The van der Waals surface area contributed by atoms with Gasteiger partial charge in [-0.25, -0.2) is 4.79 Å². The number of alkyl carbamates (subject to hydrolysis) is 1. The fourth-order valence-electron chi connectivity index (χ4n) is 1.07. The largest absolute Gasteiger partial charge is 0.447 e. The van der Waals surface area contributed by atoms with Crippen LogP contribution in [0.2, 0.25) is 6.04 Å². The summed E-state index contributed by atoms with van der Waals surface area (Å²) < 4.78 is 15.0. The van der Waals surface area contributed by atoms with Gasteiger partial charge >= 0.3 is 6.09 Å². The molecule has 1 heterocycles. The summed E-state index contributed by atoms with van der Waals surface area (Å²) in [5.41, 5.74) is 0. The molecule has 1 N–H and O–H groups in total. The molecule has 0 aromatic heterocycles. The molecule has 0 aliphatic carbocycles. The van der Waals surface area contributed by atoms with E-state index in [1.165, 1.54) is 0 Å². The number of rotatable bonds is 7. The van der Waals surface area contributed by atoms with E-state index in [0.29, 0.717) is 22.9 Å². The molecule has 0 spiro atoms. The van der Waals surface area contributed by atoms with Crippen LogP contribution in [0.25, 0.3) is 0 Å². The van der Waals surface area contributed by atoms with Crippen LogP contribution >= 0.6 is 0 Å². The summed E-state index contributed by atoms with van der Waals surface area (Å²) in [5.74, 6) is 0. The van der Waals surface area contributed by atoms with E-state index in [1.807, 2.05) is 6.92 Å². The molecule has 1 amide bonds. The van der Waals surface area contributed by atoms with E-state index < -0.39 is 0 Å². The summed E-state index contributed by atoms with van der Waals surface area (Å²) in [5, 5.41) is 2.67. The van der Waals surface area contributed by atoms with Crippen molar-refractivity contribution >= 4 is 15.9 Å². The molecular formula is C9H17NO4Si. The normalized spacial score (nSPS) is 23.6. The van der Waals surface area contributed by atoms with Crippen molar-refractivity contribution in [2.75, 3.05) is 20.3 Å². The maximum atomic E-state index is 11.1. The fourth-order valence-corrected chi connectivity index (χ4v) is 1.59. The van der Waals surface area contributed by atoms with Crippen LogP contribution in [0.1, 0.15) is 13.3 Å². The Kier molecular flexibility index (Phi) is 5.67. The second-order valence-corrected chi connectivity index (χ2v) is 4.55. The Hall–Kier alpha value is -0.593. The highest BCUT2D eigenvalue weighted by atomic mass is 28.2. The second-order valence-electron chi connectivity index (χ2n) is 3.36. The smallest absolute Gasteiger partial charge is 0.407 e. The van der Waals surface area contributed by atoms with Crippen molar-refractivity contribution < 1.29 is 18.7 Å². The highest BCUT2D eigenvalue weighted by molar-refractivity contribution is 6.26. The lowest BCUT2D eigenvalue weighted by Crippen LogP contribution is -2.27. The summed E-state index contributed by atoms with van der Waals surface area (Å²) >= 11 is 0. The number of amides is 1. The number of ether oxygens (including phenoxy) is 2. The van der Waals surface area contributed by atoms with Crippen LogP contribution in [0.4, 0.5) is 4.79 Å². The zero-order chi connectivity index (χ0) is 11.1. The second kappa shape index (κ2) is 6.81. The Morgan fingerprint density at radius 1 is 1.60 bits per heavy atom. The fraction of sp³-hybridized carbons (Fsp3) is 0.889. The van der Waals surface area contributed by atoms with E-state index in [4.69, 9.17) is 13.9 Å². The van der Waals surface area contributed by atoms with Crippen molar-refractivity contribution in [3.05, 3.63) is 0 Å². The van der Waals surface area contributed by atoms with E-state index in [2.05, 4.69) is 5.32 Å². The van der Waals surface area contributed by atoms with E-state index in [-0.39, 0.29) is 18.3 Å². The molecular weight excluding hydrogens is 214 g/mol. The average Bonchev–Trinajstić information content (AvgIpc) is 2.91. The van der Waals surface area contributed by atoms with E-state index in [0.717, 1.165) is 12.5 Å². The first-order chi connectivity index (χ1) is 7.24. The Balaban J connectivity index is 1.85. The molecule has 1 fully saturated rings. The molecule has 1 aliphatic heterocycles. The number of carbonyl (C=O) groups excluding carboxylic acids is 1. The van der Waals surface area contributed by atoms with Crippen LogP contribution in [-0.2, 0) is 13.9 Å². The van der Waals surface area contributed by atoms with Gasteiger partial charge < -0.3 is 19.2 Å². The number of epoxide rings is 1. The maximum Gasteiger partial charge on any atom is 0.407 e. The van der Waals surface area contributed by atoms with Gasteiger partial charge in [-0.3, -0.25) is 0 Å². The molecule has 1 rings (SSSR count).